The van der Waals surface area contributed by atoms with Crippen LogP contribution in [-0.4, -0.2) is 37.1 Å². The molecule has 0 bridgehead atoms. The lowest BCUT2D eigenvalue weighted by atomic mass is 10.1. The van der Waals surface area contributed by atoms with Gasteiger partial charge in [0.15, 0.2) is 6.10 Å². The van der Waals surface area contributed by atoms with Crippen molar-refractivity contribution in [1.82, 2.24) is 0 Å². The van der Waals surface area contributed by atoms with Crippen molar-refractivity contribution in [1.29, 1.82) is 0 Å². The summed E-state index contributed by atoms with van der Waals surface area (Å²) in [6.07, 6.45) is -1.17. The molecule has 0 aliphatic rings. The number of hydrogen-bond acceptors (Lipinski definition) is 7. The molecule has 0 heterocycles. The number of hydrogen-bond donors (Lipinski definition) is 2. The van der Waals surface area contributed by atoms with Gasteiger partial charge in [0.1, 0.15) is 5.75 Å². The van der Waals surface area contributed by atoms with Gasteiger partial charge in [-0.05, 0) is 31.5 Å². The van der Waals surface area contributed by atoms with Gasteiger partial charge in [0.2, 0.25) is 0 Å². The van der Waals surface area contributed by atoms with E-state index in [4.69, 9.17) is 21.1 Å². The van der Waals surface area contributed by atoms with E-state index in [2.05, 4.69) is 10.6 Å². The SMILES string of the molecule is CNc1ccc([N+](=O)[O-])cc1C(=O)OC(C)C(=O)Nc1cc(C)c(Cl)cc1OC. The van der Waals surface area contributed by atoms with Crippen molar-refractivity contribution in [2.75, 3.05) is 24.8 Å². The highest BCUT2D eigenvalue weighted by Gasteiger charge is 2.24. The molecule has 154 valence electrons. The Balaban J connectivity index is 2.18. The Bertz CT molecular complexity index is 963. The van der Waals surface area contributed by atoms with Crippen LogP contribution in [0.1, 0.15) is 22.8 Å². The van der Waals surface area contributed by atoms with Gasteiger partial charge in [0, 0.05) is 36.0 Å². The number of benzene rings is 2. The highest BCUT2D eigenvalue weighted by Crippen LogP contribution is 2.31. The summed E-state index contributed by atoms with van der Waals surface area (Å²) in [5, 5.41) is 16.8. The van der Waals surface area contributed by atoms with E-state index < -0.39 is 22.9 Å². The third-order valence-electron chi connectivity index (χ3n) is 4.09. The van der Waals surface area contributed by atoms with Gasteiger partial charge in [0.05, 0.1) is 23.3 Å². The lowest BCUT2D eigenvalue weighted by Crippen LogP contribution is -2.30. The Morgan fingerprint density at radius 2 is 1.90 bits per heavy atom. The van der Waals surface area contributed by atoms with Gasteiger partial charge in [-0.3, -0.25) is 14.9 Å². The lowest BCUT2D eigenvalue weighted by Gasteiger charge is -2.17. The summed E-state index contributed by atoms with van der Waals surface area (Å²) in [5.74, 6) is -1.13. The van der Waals surface area contributed by atoms with Crippen molar-refractivity contribution in [3.05, 3.63) is 56.6 Å². The smallest absolute Gasteiger partial charge is 0.341 e. The van der Waals surface area contributed by atoms with Crippen molar-refractivity contribution < 1.29 is 24.0 Å². The minimum Gasteiger partial charge on any atom is -0.495 e. The molecule has 0 saturated heterocycles. The van der Waals surface area contributed by atoms with Gasteiger partial charge in [-0.25, -0.2) is 4.79 Å². The summed E-state index contributed by atoms with van der Waals surface area (Å²) in [7, 11) is 2.99. The molecule has 0 fully saturated rings. The number of nitrogens with zero attached hydrogens (tertiary/aromatic N) is 1. The third kappa shape index (κ3) is 5.14. The first-order valence-corrected chi connectivity index (χ1v) is 8.87. The van der Waals surface area contributed by atoms with E-state index >= 15 is 0 Å². The number of nitro groups is 1. The summed E-state index contributed by atoms with van der Waals surface area (Å²) >= 11 is 6.05. The second-order valence-electron chi connectivity index (χ2n) is 6.08. The number of ether oxygens (including phenoxy) is 2. The van der Waals surface area contributed by atoms with E-state index in [1.165, 1.54) is 26.2 Å². The van der Waals surface area contributed by atoms with Crippen LogP contribution in [-0.2, 0) is 9.53 Å². The van der Waals surface area contributed by atoms with Crippen molar-refractivity contribution in [2.24, 2.45) is 0 Å². The van der Waals surface area contributed by atoms with Crippen LogP contribution in [0.5, 0.6) is 5.75 Å². The molecule has 9 nitrogen and oxygen atoms in total. The number of halogens is 1. The second kappa shape index (κ2) is 9.24. The van der Waals surface area contributed by atoms with Crippen molar-refractivity contribution in [3.8, 4) is 5.75 Å². The van der Waals surface area contributed by atoms with Crippen LogP contribution < -0.4 is 15.4 Å². The number of amides is 1. The number of non-ortho nitro benzene ring substituents is 1. The van der Waals surface area contributed by atoms with Crippen LogP contribution in [0.15, 0.2) is 30.3 Å². The highest BCUT2D eigenvalue weighted by molar-refractivity contribution is 6.31. The number of aryl methyl sites for hydroxylation is 1. The zero-order valence-corrected chi connectivity index (χ0v) is 17.0. The number of nitrogens with one attached hydrogen (secondary N) is 2. The predicted molar refractivity (Wildman–Crippen MR) is 109 cm³/mol. The van der Waals surface area contributed by atoms with E-state index in [0.717, 1.165) is 11.6 Å². The molecule has 0 saturated carbocycles. The fourth-order valence-corrected chi connectivity index (χ4v) is 2.63. The molecule has 0 radical (unpaired) electrons. The van der Waals surface area contributed by atoms with Crippen molar-refractivity contribution in [3.63, 3.8) is 0 Å². The number of nitro benzene ring substituents is 1. The number of anilines is 2. The Hall–Kier alpha value is -3.33. The van der Waals surface area contributed by atoms with Crippen molar-refractivity contribution in [2.45, 2.75) is 20.0 Å². The van der Waals surface area contributed by atoms with Gasteiger partial charge in [-0.2, -0.15) is 0 Å². The van der Waals surface area contributed by atoms with Crippen LogP contribution >= 0.6 is 11.6 Å². The first-order chi connectivity index (χ1) is 13.7. The van der Waals surface area contributed by atoms with E-state index in [9.17, 15) is 19.7 Å². The maximum atomic E-state index is 12.5. The standard InChI is InChI=1S/C19H20ClN3O6/c1-10-7-16(17(28-4)9-14(10)20)22-18(24)11(2)29-19(25)13-8-12(23(26)27)5-6-15(13)21-3/h5-9,11,21H,1-4H3,(H,22,24). The lowest BCUT2D eigenvalue weighted by molar-refractivity contribution is -0.384. The fraction of sp³-hybridized carbons (Fsp3) is 0.263. The van der Waals surface area contributed by atoms with Gasteiger partial charge < -0.3 is 20.1 Å². The quantitative estimate of drug-likeness (QED) is 0.396. The van der Waals surface area contributed by atoms with Gasteiger partial charge in [0.25, 0.3) is 11.6 Å². The van der Waals surface area contributed by atoms with Gasteiger partial charge >= 0.3 is 5.97 Å². The number of esters is 1. The summed E-state index contributed by atoms with van der Waals surface area (Å²) in [6.45, 7) is 3.15. The van der Waals surface area contributed by atoms with E-state index in [1.54, 1.807) is 26.1 Å². The number of methoxy groups -OCH3 is 1. The molecule has 2 aromatic rings. The average Bonchev–Trinajstić information content (AvgIpc) is 2.69. The van der Waals surface area contributed by atoms with Crippen LogP contribution in [0.3, 0.4) is 0 Å². The third-order valence-corrected chi connectivity index (χ3v) is 4.50. The zero-order valence-electron chi connectivity index (χ0n) is 16.2. The molecule has 0 aliphatic carbocycles. The summed E-state index contributed by atoms with van der Waals surface area (Å²) < 4.78 is 10.4. The maximum absolute atomic E-state index is 12.5. The first kappa shape index (κ1) is 22.0. The molecule has 1 unspecified atom stereocenters. The monoisotopic (exact) mass is 421 g/mol. The molecule has 0 spiro atoms. The van der Waals surface area contributed by atoms with Crippen LogP contribution in [0.25, 0.3) is 0 Å². The first-order valence-electron chi connectivity index (χ1n) is 8.50. The Labute approximate surface area is 172 Å². The number of carbonyl (C=O) groups is 2. The molecular weight excluding hydrogens is 402 g/mol. The number of carbonyl (C=O) groups excluding carboxylic acids is 2. The molecule has 2 rings (SSSR count). The number of rotatable bonds is 7. The Morgan fingerprint density at radius 3 is 2.48 bits per heavy atom. The van der Waals surface area contributed by atoms with Crippen LogP contribution in [0.2, 0.25) is 5.02 Å². The topological polar surface area (TPSA) is 120 Å². The van der Waals surface area contributed by atoms with Gasteiger partial charge in [-0.1, -0.05) is 11.6 Å². The molecule has 1 amide bonds. The molecule has 0 aliphatic heterocycles. The van der Waals surface area contributed by atoms with Crippen molar-refractivity contribution >= 4 is 40.5 Å². The second-order valence-corrected chi connectivity index (χ2v) is 6.48. The molecule has 0 aromatic heterocycles. The molecular formula is C19H20ClN3O6. The minimum atomic E-state index is -1.17. The highest BCUT2D eigenvalue weighted by atomic mass is 35.5. The minimum absolute atomic E-state index is 0.0544. The van der Waals surface area contributed by atoms with E-state index in [0.29, 0.717) is 22.1 Å². The Morgan fingerprint density at radius 1 is 1.21 bits per heavy atom. The molecule has 2 aromatic carbocycles. The van der Waals surface area contributed by atoms with Crippen LogP contribution in [0.4, 0.5) is 17.1 Å². The fourth-order valence-electron chi connectivity index (χ4n) is 2.47. The summed E-state index contributed by atoms with van der Waals surface area (Å²) in [6, 6.07) is 6.93. The molecule has 10 heteroatoms. The maximum Gasteiger partial charge on any atom is 0.341 e. The largest absolute Gasteiger partial charge is 0.495 e. The predicted octanol–water partition coefficient (Wildman–Crippen LogP) is 3.79. The zero-order chi connectivity index (χ0) is 21.7. The van der Waals surface area contributed by atoms with Crippen LogP contribution in [0, 0.1) is 17.0 Å². The molecule has 29 heavy (non-hydrogen) atoms. The normalized spacial score (nSPS) is 11.3. The van der Waals surface area contributed by atoms with E-state index in [-0.39, 0.29) is 11.3 Å². The van der Waals surface area contributed by atoms with Gasteiger partial charge in [-0.15, -0.1) is 0 Å². The Kier molecular flexibility index (Phi) is 7.00. The van der Waals surface area contributed by atoms with E-state index in [1.807, 2.05) is 0 Å². The molecule has 2 N–H and O–H groups in total. The average molecular weight is 422 g/mol. The molecule has 1 atom stereocenters. The summed E-state index contributed by atoms with van der Waals surface area (Å²) in [5.41, 5.74) is 1.11. The summed E-state index contributed by atoms with van der Waals surface area (Å²) in [4.78, 5) is 35.3.